The fourth-order valence-corrected chi connectivity index (χ4v) is 4.58. The second-order valence-corrected chi connectivity index (χ2v) is 8.83. The Morgan fingerprint density at radius 1 is 0.966 bits per heavy atom. The van der Waals surface area contributed by atoms with E-state index in [-0.39, 0.29) is 4.90 Å². The number of nitrogens with zero attached hydrogens (tertiary/aromatic N) is 4. The number of hydrogen-bond acceptors (Lipinski definition) is 7. The van der Waals surface area contributed by atoms with E-state index in [9.17, 15) is 8.42 Å². The van der Waals surface area contributed by atoms with E-state index in [2.05, 4.69) is 24.6 Å². The normalized spacial score (nSPS) is 14.4. The van der Waals surface area contributed by atoms with Gasteiger partial charge in [-0.2, -0.15) is 0 Å². The van der Waals surface area contributed by atoms with Crippen LogP contribution in [0.25, 0.3) is 11.3 Å². The van der Waals surface area contributed by atoms with Gasteiger partial charge in [-0.3, -0.25) is 4.72 Å². The van der Waals surface area contributed by atoms with Crippen molar-refractivity contribution in [2.24, 2.45) is 0 Å². The summed E-state index contributed by atoms with van der Waals surface area (Å²) >= 11 is 0. The maximum Gasteiger partial charge on any atom is 0.262 e. The summed E-state index contributed by atoms with van der Waals surface area (Å²) in [6, 6.07) is 6.51. The Balaban J connectivity index is 1.58. The van der Waals surface area contributed by atoms with Gasteiger partial charge >= 0.3 is 0 Å². The van der Waals surface area contributed by atoms with Gasteiger partial charge in [-0.25, -0.2) is 23.4 Å². The first-order valence-electron chi connectivity index (χ1n) is 9.49. The van der Waals surface area contributed by atoms with Crippen molar-refractivity contribution in [3.8, 4) is 11.3 Å². The quantitative estimate of drug-likeness (QED) is 0.683. The number of rotatable bonds is 5. The SMILES string of the molecule is Cc1nc(-c2ccc(S(=O)(=O)Nc3c(C)nc(N4CCCC4)nc3C)cc2)co1. The first-order valence-corrected chi connectivity index (χ1v) is 11.0. The second-order valence-electron chi connectivity index (χ2n) is 7.15. The van der Waals surface area contributed by atoms with Crippen molar-refractivity contribution < 1.29 is 12.8 Å². The highest BCUT2D eigenvalue weighted by Gasteiger charge is 2.21. The molecule has 0 saturated carbocycles. The molecule has 9 heteroatoms. The van der Waals surface area contributed by atoms with Crippen LogP contribution in [0, 0.1) is 20.8 Å². The third-order valence-electron chi connectivity index (χ3n) is 4.96. The molecule has 4 rings (SSSR count). The maximum absolute atomic E-state index is 12.9. The number of sulfonamides is 1. The molecule has 1 aromatic carbocycles. The molecule has 0 radical (unpaired) electrons. The lowest BCUT2D eigenvalue weighted by molar-refractivity contribution is 0.521. The highest BCUT2D eigenvalue weighted by molar-refractivity contribution is 7.92. The number of hydrogen-bond donors (Lipinski definition) is 1. The minimum absolute atomic E-state index is 0.156. The zero-order chi connectivity index (χ0) is 20.6. The zero-order valence-corrected chi connectivity index (χ0v) is 17.5. The second kappa shape index (κ2) is 7.47. The highest BCUT2D eigenvalue weighted by atomic mass is 32.2. The maximum atomic E-state index is 12.9. The molecule has 2 aromatic heterocycles. The summed E-state index contributed by atoms with van der Waals surface area (Å²) in [5, 5.41) is 0. The number of aryl methyl sites for hydroxylation is 3. The van der Waals surface area contributed by atoms with E-state index in [1.54, 1.807) is 51.3 Å². The van der Waals surface area contributed by atoms with E-state index in [1.807, 2.05) is 0 Å². The van der Waals surface area contributed by atoms with Crippen molar-refractivity contribution in [1.82, 2.24) is 15.0 Å². The summed E-state index contributed by atoms with van der Waals surface area (Å²) in [7, 11) is -3.77. The van der Waals surface area contributed by atoms with Gasteiger partial charge in [-0.05, 0) is 38.8 Å². The van der Waals surface area contributed by atoms with Crippen molar-refractivity contribution in [2.45, 2.75) is 38.5 Å². The average Bonchev–Trinajstić information content (AvgIpc) is 3.36. The van der Waals surface area contributed by atoms with Crippen LogP contribution in [0.5, 0.6) is 0 Å². The number of benzene rings is 1. The Hall–Kier alpha value is -2.94. The topological polar surface area (TPSA) is 101 Å². The fraction of sp³-hybridized carbons (Fsp3) is 0.350. The van der Waals surface area contributed by atoms with Crippen LogP contribution >= 0.6 is 0 Å². The van der Waals surface area contributed by atoms with Gasteiger partial charge in [-0.15, -0.1) is 0 Å². The van der Waals surface area contributed by atoms with Gasteiger partial charge in [0.25, 0.3) is 10.0 Å². The Morgan fingerprint density at radius 2 is 1.59 bits per heavy atom. The minimum atomic E-state index is -3.77. The third kappa shape index (κ3) is 3.95. The molecule has 1 N–H and O–H groups in total. The molecule has 1 saturated heterocycles. The van der Waals surface area contributed by atoms with Gasteiger partial charge in [0, 0.05) is 25.6 Å². The van der Waals surface area contributed by atoms with Gasteiger partial charge in [0.1, 0.15) is 12.0 Å². The van der Waals surface area contributed by atoms with Gasteiger partial charge in [0.2, 0.25) is 5.95 Å². The molecule has 1 aliphatic heterocycles. The predicted octanol–water partition coefficient (Wildman–Crippen LogP) is 3.46. The first kappa shape index (κ1) is 19.4. The van der Waals surface area contributed by atoms with E-state index >= 15 is 0 Å². The lowest BCUT2D eigenvalue weighted by atomic mass is 10.2. The van der Waals surface area contributed by atoms with Gasteiger partial charge in [0.15, 0.2) is 5.89 Å². The van der Waals surface area contributed by atoms with E-state index in [1.165, 1.54) is 0 Å². The van der Waals surface area contributed by atoms with E-state index < -0.39 is 10.0 Å². The molecule has 0 amide bonds. The van der Waals surface area contributed by atoms with Gasteiger partial charge in [-0.1, -0.05) is 12.1 Å². The molecular weight excluding hydrogens is 390 g/mol. The Kier molecular flexibility index (Phi) is 4.99. The Bertz CT molecular complexity index is 1110. The van der Waals surface area contributed by atoms with Gasteiger partial charge in [0.05, 0.1) is 22.0 Å². The van der Waals surface area contributed by atoms with E-state index in [4.69, 9.17) is 4.42 Å². The van der Waals surface area contributed by atoms with Crippen LogP contribution < -0.4 is 9.62 Å². The summed E-state index contributed by atoms with van der Waals surface area (Å²) in [6.45, 7) is 7.21. The molecule has 0 unspecified atom stereocenters. The number of oxazole rings is 1. The van der Waals surface area contributed by atoms with E-state index in [0.29, 0.717) is 34.6 Å². The van der Waals surface area contributed by atoms with E-state index in [0.717, 1.165) is 31.5 Å². The Labute approximate surface area is 170 Å². The third-order valence-corrected chi connectivity index (χ3v) is 6.33. The summed E-state index contributed by atoms with van der Waals surface area (Å²) in [4.78, 5) is 15.6. The van der Waals surface area contributed by atoms with Gasteiger partial charge < -0.3 is 9.32 Å². The molecule has 152 valence electrons. The van der Waals surface area contributed by atoms with Crippen molar-refractivity contribution >= 4 is 21.7 Å². The highest BCUT2D eigenvalue weighted by Crippen LogP contribution is 2.26. The smallest absolute Gasteiger partial charge is 0.262 e. The molecule has 0 atom stereocenters. The fourth-order valence-electron chi connectivity index (χ4n) is 3.40. The van der Waals surface area contributed by atoms with Crippen LogP contribution in [0.1, 0.15) is 30.1 Å². The molecule has 0 aliphatic carbocycles. The standard InChI is InChI=1S/C20H23N5O3S/c1-13-19(14(2)22-20(21-13)25-10-4-5-11-25)24-29(26,27)17-8-6-16(7-9-17)18-12-28-15(3)23-18/h6-9,12,24H,4-5,10-11H2,1-3H3. The van der Waals surface area contributed by atoms with Crippen LogP contribution in [-0.4, -0.2) is 36.5 Å². The molecule has 8 nitrogen and oxygen atoms in total. The molecule has 3 aromatic rings. The number of anilines is 2. The largest absolute Gasteiger partial charge is 0.449 e. The monoisotopic (exact) mass is 413 g/mol. The molecule has 3 heterocycles. The summed E-state index contributed by atoms with van der Waals surface area (Å²) < 4.78 is 33.6. The van der Waals surface area contributed by atoms with Crippen molar-refractivity contribution in [2.75, 3.05) is 22.7 Å². The van der Waals surface area contributed by atoms with Crippen molar-refractivity contribution in [3.63, 3.8) is 0 Å². The molecule has 0 spiro atoms. The molecular formula is C20H23N5O3S. The van der Waals surface area contributed by atoms with Crippen LogP contribution in [0.4, 0.5) is 11.6 Å². The minimum Gasteiger partial charge on any atom is -0.449 e. The zero-order valence-electron chi connectivity index (χ0n) is 16.6. The van der Waals surface area contributed by atoms with Crippen LogP contribution in [0.3, 0.4) is 0 Å². The molecule has 0 bridgehead atoms. The number of nitrogens with one attached hydrogen (secondary N) is 1. The lowest BCUT2D eigenvalue weighted by Crippen LogP contribution is -2.22. The summed E-state index contributed by atoms with van der Waals surface area (Å²) in [5.74, 6) is 1.22. The van der Waals surface area contributed by atoms with Crippen molar-refractivity contribution in [1.29, 1.82) is 0 Å². The molecule has 29 heavy (non-hydrogen) atoms. The summed E-state index contributed by atoms with van der Waals surface area (Å²) in [6.07, 6.45) is 3.79. The Morgan fingerprint density at radius 3 is 2.14 bits per heavy atom. The van der Waals surface area contributed by atoms with Crippen molar-refractivity contribution in [3.05, 3.63) is 47.8 Å². The van der Waals surface area contributed by atoms with Crippen LogP contribution in [-0.2, 0) is 10.0 Å². The van der Waals surface area contributed by atoms with Crippen LogP contribution in [0.15, 0.2) is 39.8 Å². The first-order chi connectivity index (χ1) is 13.8. The number of aromatic nitrogens is 3. The average molecular weight is 414 g/mol. The van der Waals surface area contributed by atoms with Crippen LogP contribution in [0.2, 0.25) is 0 Å². The predicted molar refractivity (Wildman–Crippen MR) is 110 cm³/mol. The molecule has 1 fully saturated rings. The lowest BCUT2D eigenvalue weighted by Gasteiger charge is -2.19. The summed E-state index contributed by atoms with van der Waals surface area (Å²) in [5.41, 5.74) is 3.09. The molecule has 1 aliphatic rings.